The normalized spacial score (nSPS) is 6.67. The predicted octanol–water partition coefficient (Wildman–Crippen LogP) is 0.487. The molecule has 0 rings (SSSR count). The molecule has 0 radical (unpaired) electrons. The Morgan fingerprint density at radius 2 is 1.83 bits per heavy atom. The Bertz CT molecular complexity index is 34.5. The maximum absolute atomic E-state index is 8.28. The fraction of sp³-hybridized carbons (Fsp3) is 0. The van der Waals surface area contributed by atoms with Crippen LogP contribution < -0.4 is 0 Å². The van der Waals surface area contributed by atoms with Crippen LogP contribution in [0, 0.1) is 0 Å². The van der Waals surface area contributed by atoms with Crippen molar-refractivity contribution in [2.45, 2.75) is 0 Å². The van der Waals surface area contributed by atoms with E-state index in [1.54, 1.807) is 0 Å². The zero-order valence-electron chi connectivity index (χ0n) is 3.10. The number of aliphatic hydroxyl groups excluding tert-OH is 1. The van der Waals surface area contributed by atoms with Crippen molar-refractivity contribution >= 4 is 27.8 Å². The summed E-state index contributed by atoms with van der Waals surface area (Å²) < 4.78 is 8.28. The van der Waals surface area contributed by atoms with E-state index in [0.717, 1.165) is 11.8 Å². The molecule has 0 aromatic carbocycles. The maximum atomic E-state index is 8.28. The van der Waals surface area contributed by atoms with Crippen LogP contribution in [0.1, 0.15) is 0 Å². The Kier molecular flexibility index (Phi) is 30.2. The Balaban J connectivity index is 0. The summed E-state index contributed by atoms with van der Waals surface area (Å²) >= 11 is 5.37. The van der Waals surface area contributed by atoms with E-state index < -0.39 is 0 Å². The summed E-state index contributed by atoms with van der Waals surface area (Å²) in [6.07, 6.45) is 0.765. The van der Waals surface area contributed by atoms with Crippen LogP contribution in [0.25, 0.3) is 0 Å². The zero-order chi connectivity index (χ0) is 5.41. The van der Waals surface area contributed by atoms with Crippen molar-refractivity contribution in [2.24, 2.45) is 0 Å². The molecule has 0 saturated carbocycles. The Morgan fingerprint density at radius 1 is 1.67 bits per heavy atom. The number of aliphatic hydroxyl groups is 1. The summed E-state index contributed by atoms with van der Waals surface area (Å²) in [6.45, 7) is 0. The van der Waals surface area contributed by atoms with Crippen molar-refractivity contribution in [2.75, 3.05) is 0 Å². The molecule has 0 fully saturated rings. The van der Waals surface area contributed by atoms with Crippen molar-refractivity contribution in [3.8, 4) is 0 Å². The third-order valence-electron chi connectivity index (χ3n) is 0.0563. The fourth-order valence-corrected chi connectivity index (χ4v) is 0. The Labute approximate surface area is 49.1 Å². The molecule has 0 bridgehead atoms. The van der Waals surface area contributed by atoms with Crippen LogP contribution in [0.5, 0.6) is 0 Å². The molecule has 0 unspecified atom stereocenters. The standard InChI is InChI=1S/C2H3ClO.Al.O.H/c3-1-2-4;;;/h1-2,4H;;;. The van der Waals surface area contributed by atoms with Gasteiger partial charge in [-0.1, -0.05) is 11.6 Å². The molecule has 0 aliphatic rings. The molecule has 0 aromatic rings. The van der Waals surface area contributed by atoms with Gasteiger partial charge >= 0.3 is 20.0 Å². The van der Waals surface area contributed by atoms with Crippen LogP contribution in [-0.2, 0) is 3.80 Å². The van der Waals surface area contributed by atoms with Gasteiger partial charge in [0.25, 0.3) is 0 Å². The number of halogens is 1. The predicted molar refractivity (Wildman–Crippen MR) is 25.5 cm³/mol. The van der Waals surface area contributed by atoms with Gasteiger partial charge in [-0.25, -0.2) is 0 Å². The summed E-state index contributed by atoms with van der Waals surface area (Å²) in [7, 11) is 0. The van der Waals surface area contributed by atoms with E-state index in [1.807, 2.05) is 0 Å². The fourth-order valence-electron chi connectivity index (χ4n) is 0. The molecule has 0 amide bonds. The quantitative estimate of drug-likeness (QED) is 0.375. The van der Waals surface area contributed by atoms with Gasteiger partial charge in [0.1, 0.15) is 0 Å². The Morgan fingerprint density at radius 3 is 1.83 bits per heavy atom. The van der Waals surface area contributed by atoms with Gasteiger partial charge in [-0.3, -0.25) is 0 Å². The van der Waals surface area contributed by atoms with E-state index in [4.69, 9.17) is 20.5 Å². The number of hydrogen-bond donors (Lipinski definition) is 1. The van der Waals surface area contributed by atoms with Gasteiger partial charge < -0.3 is 5.11 Å². The molecular formula is C2H4AlClO2. The van der Waals surface area contributed by atoms with E-state index >= 15 is 0 Å². The van der Waals surface area contributed by atoms with E-state index in [0.29, 0.717) is 16.2 Å². The van der Waals surface area contributed by atoms with Crippen LogP contribution in [0.3, 0.4) is 0 Å². The first-order valence-corrected chi connectivity index (χ1v) is 2.11. The van der Waals surface area contributed by atoms with Crippen LogP contribution >= 0.6 is 11.6 Å². The van der Waals surface area contributed by atoms with E-state index in [-0.39, 0.29) is 0 Å². The topological polar surface area (TPSA) is 37.3 Å². The molecule has 0 heterocycles. The van der Waals surface area contributed by atoms with Crippen molar-refractivity contribution in [1.82, 2.24) is 0 Å². The number of rotatable bonds is 0. The molecule has 4 heteroatoms. The third kappa shape index (κ3) is 30.8. The van der Waals surface area contributed by atoms with Gasteiger partial charge in [0.15, 0.2) is 0 Å². The molecule has 0 spiro atoms. The SMILES string of the molecule is OC=CCl.[O]=[AlH]. The Hall–Kier alpha value is 0.162. The summed E-state index contributed by atoms with van der Waals surface area (Å²) in [5.41, 5.74) is 1.03. The molecule has 0 atom stereocenters. The summed E-state index contributed by atoms with van der Waals surface area (Å²) in [5, 5.41) is 7.56. The second kappa shape index (κ2) is 19.1. The second-order valence-electron chi connectivity index (χ2n) is 0.275. The minimum absolute atomic E-state index is 0.611. The molecule has 1 N–H and O–H groups in total. The average molecular weight is 122 g/mol. The monoisotopic (exact) mass is 122 g/mol. The van der Waals surface area contributed by atoms with Gasteiger partial charge in [-0.15, -0.1) is 0 Å². The van der Waals surface area contributed by atoms with E-state index in [1.165, 1.54) is 0 Å². The molecule has 34 valence electrons. The van der Waals surface area contributed by atoms with Crippen molar-refractivity contribution < 1.29 is 8.91 Å². The zero-order valence-corrected chi connectivity index (χ0v) is 5.27. The molecule has 0 saturated heterocycles. The summed E-state index contributed by atoms with van der Waals surface area (Å²) in [4.78, 5) is 0. The molecular weight excluding hydrogens is 118 g/mol. The first-order chi connectivity index (χ1) is 2.91. The van der Waals surface area contributed by atoms with E-state index in [2.05, 4.69) is 0 Å². The van der Waals surface area contributed by atoms with Gasteiger partial charge in [-0.05, 0) is 0 Å². The number of hydrogen-bond acceptors (Lipinski definition) is 2. The van der Waals surface area contributed by atoms with Gasteiger partial charge in [0, 0.05) is 5.54 Å². The molecule has 0 aliphatic heterocycles. The first kappa shape index (κ1) is 9.48. The van der Waals surface area contributed by atoms with Gasteiger partial charge in [0.05, 0.1) is 6.26 Å². The van der Waals surface area contributed by atoms with E-state index in [9.17, 15) is 0 Å². The van der Waals surface area contributed by atoms with Gasteiger partial charge in [-0.2, -0.15) is 0 Å². The second-order valence-corrected chi connectivity index (χ2v) is 0.527. The summed E-state index contributed by atoms with van der Waals surface area (Å²) in [6, 6.07) is 0. The minimum atomic E-state index is 0.611. The molecule has 0 aromatic heterocycles. The van der Waals surface area contributed by atoms with Gasteiger partial charge in [0.2, 0.25) is 0 Å². The van der Waals surface area contributed by atoms with Crippen LogP contribution in [0.4, 0.5) is 0 Å². The van der Waals surface area contributed by atoms with Crippen LogP contribution in [0.15, 0.2) is 11.8 Å². The third-order valence-corrected chi connectivity index (χ3v) is 0.169. The van der Waals surface area contributed by atoms with Crippen molar-refractivity contribution in [3.05, 3.63) is 11.8 Å². The van der Waals surface area contributed by atoms with Crippen LogP contribution in [0.2, 0.25) is 0 Å². The van der Waals surface area contributed by atoms with Crippen molar-refractivity contribution in [1.29, 1.82) is 0 Å². The van der Waals surface area contributed by atoms with Crippen LogP contribution in [-0.4, -0.2) is 21.3 Å². The first-order valence-electron chi connectivity index (χ1n) is 1.10. The summed E-state index contributed by atoms with van der Waals surface area (Å²) in [5.74, 6) is 0. The molecule has 6 heavy (non-hydrogen) atoms. The van der Waals surface area contributed by atoms with Crippen molar-refractivity contribution in [3.63, 3.8) is 0 Å². The molecule has 2 nitrogen and oxygen atoms in total. The average Bonchev–Trinajstić information content (AvgIpc) is 1.72. The molecule has 0 aliphatic carbocycles.